The third kappa shape index (κ3) is 9.52. The molecule has 1 aliphatic carbocycles. The van der Waals surface area contributed by atoms with E-state index in [1.165, 1.54) is 103 Å². The van der Waals surface area contributed by atoms with Crippen molar-refractivity contribution >= 4 is 0 Å². The molecule has 0 radical (unpaired) electrons. The summed E-state index contributed by atoms with van der Waals surface area (Å²) in [6, 6.07) is 0.860. The highest BCUT2D eigenvalue weighted by atomic mass is 15.1. The van der Waals surface area contributed by atoms with Gasteiger partial charge in [-0.1, -0.05) is 71.1 Å². The largest absolute Gasteiger partial charge is 0.330 e. The van der Waals surface area contributed by atoms with Crippen LogP contribution in [-0.2, 0) is 0 Å². The second-order valence-corrected chi connectivity index (χ2v) is 6.94. The molecule has 0 heterocycles. The number of rotatable bonds is 12. The first-order chi connectivity index (χ1) is 10.4. The molecule has 0 saturated heterocycles. The molecule has 0 amide bonds. The summed E-state index contributed by atoms with van der Waals surface area (Å²) in [7, 11) is 0. The Morgan fingerprint density at radius 1 is 0.762 bits per heavy atom. The SMILES string of the molecule is CCCCCCCCCN(CCCN)C1CCCCCC1. The van der Waals surface area contributed by atoms with E-state index in [1.54, 1.807) is 0 Å². The van der Waals surface area contributed by atoms with Crippen molar-refractivity contribution in [3.8, 4) is 0 Å². The molecule has 0 aliphatic heterocycles. The minimum absolute atomic E-state index is 0.847. The molecule has 0 aromatic heterocycles. The lowest BCUT2D eigenvalue weighted by Gasteiger charge is -2.31. The fourth-order valence-corrected chi connectivity index (χ4v) is 3.67. The average molecular weight is 297 g/mol. The van der Waals surface area contributed by atoms with Gasteiger partial charge in [-0.2, -0.15) is 0 Å². The van der Waals surface area contributed by atoms with E-state index in [2.05, 4.69) is 11.8 Å². The van der Waals surface area contributed by atoms with Crippen molar-refractivity contribution in [1.29, 1.82) is 0 Å². The van der Waals surface area contributed by atoms with Crippen LogP contribution in [0.5, 0.6) is 0 Å². The fourth-order valence-electron chi connectivity index (χ4n) is 3.67. The summed E-state index contributed by atoms with van der Waals surface area (Å²) in [5.74, 6) is 0. The zero-order valence-corrected chi connectivity index (χ0v) is 14.6. The smallest absolute Gasteiger partial charge is 0.00952 e. The summed E-state index contributed by atoms with van der Waals surface area (Å²) in [6.07, 6.45) is 19.8. The average Bonchev–Trinajstić information content (AvgIpc) is 2.78. The molecule has 2 N–H and O–H groups in total. The highest BCUT2D eigenvalue weighted by Crippen LogP contribution is 2.22. The van der Waals surface area contributed by atoms with Crippen LogP contribution >= 0.6 is 0 Å². The van der Waals surface area contributed by atoms with Crippen molar-refractivity contribution < 1.29 is 0 Å². The molecule has 1 fully saturated rings. The van der Waals surface area contributed by atoms with Crippen LogP contribution in [0.3, 0.4) is 0 Å². The van der Waals surface area contributed by atoms with Crippen molar-refractivity contribution in [2.75, 3.05) is 19.6 Å². The van der Waals surface area contributed by atoms with Gasteiger partial charge in [-0.05, 0) is 45.3 Å². The van der Waals surface area contributed by atoms with Gasteiger partial charge in [0.25, 0.3) is 0 Å². The summed E-state index contributed by atoms with van der Waals surface area (Å²) < 4.78 is 0. The Bertz CT molecular complexity index is 210. The second-order valence-electron chi connectivity index (χ2n) is 6.94. The highest BCUT2D eigenvalue weighted by molar-refractivity contribution is 4.75. The van der Waals surface area contributed by atoms with Gasteiger partial charge in [0, 0.05) is 6.04 Å². The summed E-state index contributed by atoms with van der Waals surface area (Å²) in [4.78, 5) is 2.78. The first-order valence-corrected chi connectivity index (χ1v) is 9.82. The van der Waals surface area contributed by atoms with Gasteiger partial charge in [0.2, 0.25) is 0 Å². The van der Waals surface area contributed by atoms with Crippen LogP contribution in [0.25, 0.3) is 0 Å². The van der Waals surface area contributed by atoms with Crippen LogP contribution in [0.2, 0.25) is 0 Å². The van der Waals surface area contributed by atoms with Gasteiger partial charge < -0.3 is 10.6 Å². The van der Waals surface area contributed by atoms with E-state index in [4.69, 9.17) is 5.73 Å². The lowest BCUT2D eigenvalue weighted by atomic mass is 10.0. The molecule has 0 atom stereocenters. The van der Waals surface area contributed by atoms with E-state index in [0.717, 1.165) is 12.6 Å². The normalized spacial score (nSPS) is 17.3. The number of hydrogen-bond donors (Lipinski definition) is 1. The molecule has 0 aromatic carbocycles. The van der Waals surface area contributed by atoms with Gasteiger partial charge in [0.05, 0.1) is 0 Å². The maximum Gasteiger partial charge on any atom is 0.00952 e. The fraction of sp³-hybridized carbons (Fsp3) is 1.00. The van der Waals surface area contributed by atoms with Crippen LogP contribution in [0.15, 0.2) is 0 Å². The van der Waals surface area contributed by atoms with Crippen LogP contribution < -0.4 is 5.73 Å². The summed E-state index contributed by atoms with van der Waals surface area (Å²) in [5.41, 5.74) is 5.73. The molecule has 2 nitrogen and oxygen atoms in total. The third-order valence-corrected chi connectivity index (χ3v) is 5.04. The van der Waals surface area contributed by atoms with Gasteiger partial charge in [-0.3, -0.25) is 0 Å². The number of nitrogens with zero attached hydrogens (tertiary/aromatic N) is 1. The van der Waals surface area contributed by atoms with Gasteiger partial charge >= 0.3 is 0 Å². The topological polar surface area (TPSA) is 29.3 Å². The Morgan fingerprint density at radius 2 is 1.33 bits per heavy atom. The molecule has 0 spiro atoms. The van der Waals surface area contributed by atoms with Crippen LogP contribution in [0.1, 0.15) is 96.8 Å². The maximum absolute atomic E-state index is 5.73. The summed E-state index contributed by atoms with van der Waals surface area (Å²) >= 11 is 0. The molecule has 0 bridgehead atoms. The first kappa shape index (κ1) is 19.0. The molecule has 2 heteroatoms. The van der Waals surface area contributed by atoms with Gasteiger partial charge in [0.15, 0.2) is 0 Å². The molecule has 21 heavy (non-hydrogen) atoms. The lowest BCUT2D eigenvalue weighted by molar-refractivity contribution is 0.174. The predicted molar refractivity (Wildman–Crippen MR) is 94.7 cm³/mol. The standard InChI is InChI=1S/C19H40N2/c1-2-3-4-5-6-9-12-17-21(18-13-16-20)19-14-10-7-8-11-15-19/h19H,2-18,20H2,1H3. The molecule has 1 aliphatic rings. The third-order valence-electron chi connectivity index (χ3n) is 5.04. The molecular formula is C19H40N2. The van der Waals surface area contributed by atoms with Crippen LogP contribution in [0, 0.1) is 0 Å². The van der Waals surface area contributed by atoms with E-state index in [0.29, 0.717) is 0 Å². The quantitative estimate of drug-likeness (QED) is 0.400. The number of nitrogens with two attached hydrogens (primary N) is 1. The zero-order chi connectivity index (χ0) is 15.2. The Balaban J connectivity index is 2.18. The zero-order valence-electron chi connectivity index (χ0n) is 14.6. The molecule has 126 valence electrons. The minimum Gasteiger partial charge on any atom is -0.330 e. The monoisotopic (exact) mass is 296 g/mol. The summed E-state index contributed by atoms with van der Waals surface area (Å²) in [6.45, 7) is 5.69. The predicted octanol–water partition coefficient (Wildman–Crippen LogP) is 5.11. The van der Waals surface area contributed by atoms with Crippen molar-refractivity contribution in [1.82, 2.24) is 4.90 Å². The number of unbranched alkanes of at least 4 members (excludes halogenated alkanes) is 6. The minimum atomic E-state index is 0.847. The van der Waals surface area contributed by atoms with Crippen molar-refractivity contribution in [3.05, 3.63) is 0 Å². The van der Waals surface area contributed by atoms with Crippen molar-refractivity contribution in [2.24, 2.45) is 5.73 Å². The van der Waals surface area contributed by atoms with Crippen molar-refractivity contribution in [2.45, 2.75) is 103 Å². The molecule has 0 unspecified atom stereocenters. The van der Waals surface area contributed by atoms with E-state index < -0.39 is 0 Å². The Kier molecular flexibility index (Phi) is 12.3. The Labute approximate surface area is 133 Å². The maximum atomic E-state index is 5.73. The van der Waals surface area contributed by atoms with E-state index >= 15 is 0 Å². The Morgan fingerprint density at radius 3 is 1.95 bits per heavy atom. The van der Waals surface area contributed by atoms with Crippen LogP contribution in [-0.4, -0.2) is 30.6 Å². The number of hydrogen-bond acceptors (Lipinski definition) is 2. The van der Waals surface area contributed by atoms with Gasteiger partial charge in [-0.15, -0.1) is 0 Å². The summed E-state index contributed by atoms with van der Waals surface area (Å²) in [5, 5.41) is 0. The molecule has 1 saturated carbocycles. The van der Waals surface area contributed by atoms with Crippen LogP contribution in [0.4, 0.5) is 0 Å². The van der Waals surface area contributed by atoms with E-state index in [9.17, 15) is 0 Å². The van der Waals surface area contributed by atoms with Gasteiger partial charge in [-0.25, -0.2) is 0 Å². The molecule has 1 rings (SSSR count). The first-order valence-electron chi connectivity index (χ1n) is 9.82. The lowest BCUT2D eigenvalue weighted by Crippen LogP contribution is -2.37. The molecular weight excluding hydrogens is 256 g/mol. The van der Waals surface area contributed by atoms with Crippen molar-refractivity contribution in [3.63, 3.8) is 0 Å². The Hall–Kier alpha value is -0.0800. The van der Waals surface area contributed by atoms with E-state index in [1.807, 2.05) is 0 Å². The van der Waals surface area contributed by atoms with Gasteiger partial charge in [0.1, 0.15) is 0 Å². The van der Waals surface area contributed by atoms with E-state index in [-0.39, 0.29) is 0 Å². The molecule has 0 aromatic rings. The highest BCUT2D eigenvalue weighted by Gasteiger charge is 2.19. The second kappa shape index (κ2) is 13.6.